The molecule has 1 saturated heterocycles. The van der Waals surface area contributed by atoms with Crippen molar-refractivity contribution in [2.75, 3.05) is 26.7 Å². The second-order valence-electron chi connectivity index (χ2n) is 7.09. The molecule has 0 radical (unpaired) electrons. The minimum Gasteiger partial charge on any atom is -0.494 e. The number of hydrogen-bond donors (Lipinski definition) is 0. The van der Waals surface area contributed by atoms with Gasteiger partial charge in [0.05, 0.1) is 13.2 Å². The summed E-state index contributed by atoms with van der Waals surface area (Å²) >= 11 is 0. The second kappa shape index (κ2) is 9.14. The summed E-state index contributed by atoms with van der Waals surface area (Å²) in [5, 5.41) is 4.02. The van der Waals surface area contributed by atoms with Gasteiger partial charge in [0.15, 0.2) is 5.82 Å². The van der Waals surface area contributed by atoms with Gasteiger partial charge in [-0.15, -0.1) is 0 Å². The quantitative estimate of drug-likeness (QED) is 0.757. The Morgan fingerprint density at radius 3 is 2.96 bits per heavy atom. The Balaban J connectivity index is 1.52. The number of aromatic nitrogens is 2. The first-order chi connectivity index (χ1) is 12.6. The van der Waals surface area contributed by atoms with Gasteiger partial charge >= 0.3 is 0 Å². The Bertz CT molecular complexity index is 688. The van der Waals surface area contributed by atoms with E-state index in [9.17, 15) is 0 Å². The number of hydrogen-bond acceptors (Lipinski definition) is 6. The first kappa shape index (κ1) is 18.9. The average Bonchev–Trinajstić information content (AvgIpc) is 2.89. The van der Waals surface area contributed by atoms with Gasteiger partial charge in [-0.2, -0.15) is 4.98 Å². The van der Waals surface area contributed by atoms with Crippen molar-refractivity contribution in [1.29, 1.82) is 0 Å². The summed E-state index contributed by atoms with van der Waals surface area (Å²) in [6.07, 6.45) is 3.59. The molecular formula is C20H30N4O2. The Morgan fingerprint density at radius 1 is 1.31 bits per heavy atom. The third-order valence-electron chi connectivity index (χ3n) is 4.99. The molecule has 0 aliphatic carbocycles. The minimum absolute atomic E-state index is 0.563. The number of rotatable bonds is 7. The van der Waals surface area contributed by atoms with E-state index in [1.165, 1.54) is 24.8 Å². The maximum absolute atomic E-state index is 5.62. The van der Waals surface area contributed by atoms with Crippen LogP contribution < -0.4 is 4.74 Å². The van der Waals surface area contributed by atoms with Crippen molar-refractivity contribution in [3.8, 4) is 5.75 Å². The summed E-state index contributed by atoms with van der Waals surface area (Å²) in [7, 11) is 2.16. The van der Waals surface area contributed by atoms with Gasteiger partial charge in [-0.25, -0.2) is 0 Å². The highest BCUT2D eigenvalue weighted by molar-refractivity contribution is 5.28. The van der Waals surface area contributed by atoms with E-state index in [1.807, 2.05) is 19.9 Å². The smallest absolute Gasteiger partial charge is 0.223 e. The van der Waals surface area contributed by atoms with E-state index in [1.54, 1.807) is 0 Å². The fraction of sp³-hybridized carbons (Fsp3) is 0.600. The summed E-state index contributed by atoms with van der Waals surface area (Å²) in [5.74, 6) is 2.38. The number of benzene rings is 1. The summed E-state index contributed by atoms with van der Waals surface area (Å²) < 4.78 is 10.7. The molecule has 6 heteroatoms. The number of ether oxygens (including phenoxy) is 1. The van der Waals surface area contributed by atoms with Gasteiger partial charge in [0.2, 0.25) is 5.89 Å². The normalized spacial score (nSPS) is 18.8. The summed E-state index contributed by atoms with van der Waals surface area (Å²) in [5.41, 5.74) is 1.32. The average molecular weight is 358 g/mol. The molecule has 0 N–H and O–H groups in total. The zero-order valence-electron chi connectivity index (χ0n) is 16.1. The van der Waals surface area contributed by atoms with Gasteiger partial charge in [-0.1, -0.05) is 17.3 Å². The van der Waals surface area contributed by atoms with E-state index in [-0.39, 0.29) is 0 Å². The summed E-state index contributed by atoms with van der Waals surface area (Å²) in [6.45, 7) is 8.55. The molecule has 1 fully saturated rings. The number of nitrogens with zero attached hydrogens (tertiary/aromatic N) is 4. The third kappa shape index (κ3) is 5.29. The molecule has 0 saturated carbocycles. The van der Waals surface area contributed by atoms with E-state index < -0.39 is 0 Å². The van der Waals surface area contributed by atoms with Crippen LogP contribution in [0.2, 0.25) is 0 Å². The van der Waals surface area contributed by atoms with Crippen LogP contribution in [-0.2, 0) is 13.1 Å². The predicted molar refractivity (Wildman–Crippen MR) is 101 cm³/mol. The van der Waals surface area contributed by atoms with Gasteiger partial charge in [-0.3, -0.25) is 9.80 Å². The van der Waals surface area contributed by atoms with Gasteiger partial charge in [-0.05, 0) is 64.0 Å². The maximum Gasteiger partial charge on any atom is 0.223 e. The molecule has 0 bridgehead atoms. The van der Waals surface area contributed by atoms with Crippen molar-refractivity contribution in [1.82, 2.24) is 19.9 Å². The van der Waals surface area contributed by atoms with Crippen LogP contribution in [0.3, 0.4) is 0 Å². The maximum atomic E-state index is 5.62. The Hall–Kier alpha value is -1.92. The molecule has 1 aliphatic rings. The second-order valence-corrected chi connectivity index (χ2v) is 7.09. The molecule has 2 heterocycles. The van der Waals surface area contributed by atoms with Gasteiger partial charge < -0.3 is 9.26 Å². The zero-order chi connectivity index (χ0) is 18.4. The third-order valence-corrected chi connectivity index (χ3v) is 4.99. The van der Waals surface area contributed by atoms with Crippen LogP contribution in [0.25, 0.3) is 0 Å². The molecule has 1 atom stereocenters. The number of aryl methyl sites for hydroxylation is 1. The van der Waals surface area contributed by atoms with Crippen molar-refractivity contribution in [2.24, 2.45) is 0 Å². The lowest BCUT2D eigenvalue weighted by Gasteiger charge is -2.26. The Labute approximate surface area is 156 Å². The van der Waals surface area contributed by atoms with E-state index in [2.05, 4.69) is 45.2 Å². The van der Waals surface area contributed by atoms with E-state index in [0.717, 1.165) is 37.8 Å². The fourth-order valence-electron chi connectivity index (χ4n) is 3.65. The Morgan fingerprint density at radius 2 is 2.19 bits per heavy atom. The van der Waals surface area contributed by atoms with Gasteiger partial charge in [0, 0.05) is 19.5 Å². The van der Waals surface area contributed by atoms with Crippen LogP contribution in [0, 0.1) is 6.92 Å². The molecule has 0 spiro atoms. The van der Waals surface area contributed by atoms with E-state index in [0.29, 0.717) is 18.5 Å². The van der Waals surface area contributed by atoms with Crippen LogP contribution in [0.5, 0.6) is 5.75 Å². The highest BCUT2D eigenvalue weighted by Crippen LogP contribution is 2.20. The monoisotopic (exact) mass is 358 g/mol. The van der Waals surface area contributed by atoms with Crippen molar-refractivity contribution in [3.63, 3.8) is 0 Å². The fourth-order valence-corrected chi connectivity index (χ4v) is 3.65. The van der Waals surface area contributed by atoms with Crippen molar-refractivity contribution in [3.05, 3.63) is 41.5 Å². The van der Waals surface area contributed by atoms with E-state index >= 15 is 0 Å². The standard InChI is InChI=1S/C20H30N4O2/c1-4-25-19-9-5-7-17(13-19)14-24-11-6-8-18(10-12-24)23(3)15-20-21-16(2)26-22-20/h5,7,9,13,18H,4,6,8,10-12,14-15H2,1-3H3/t18-/m0/s1. The van der Waals surface area contributed by atoms with Crippen molar-refractivity contribution < 1.29 is 9.26 Å². The Kier molecular flexibility index (Phi) is 6.63. The molecule has 0 unspecified atom stereocenters. The molecule has 2 aromatic rings. The molecule has 6 nitrogen and oxygen atoms in total. The summed E-state index contributed by atoms with van der Waals surface area (Å²) in [6, 6.07) is 9.03. The highest BCUT2D eigenvalue weighted by Gasteiger charge is 2.21. The highest BCUT2D eigenvalue weighted by atomic mass is 16.5. The van der Waals surface area contributed by atoms with Crippen LogP contribution >= 0.6 is 0 Å². The molecule has 1 aromatic heterocycles. The van der Waals surface area contributed by atoms with Crippen LogP contribution in [0.1, 0.15) is 43.5 Å². The molecule has 0 amide bonds. The predicted octanol–water partition coefficient (Wildman–Crippen LogP) is 3.26. The van der Waals surface area contributed by atoms with Crippen molar-refractivity contribution in [2.45, 2.75) is 52.2 Å². The molecule has 1 aliphatic heterocycles. The first-order valence-corrected chi connectivity index (χ1v) is 9.57. The minimum atomic E-state index is 0.563. The molecule has 142 valence electrons. The molecule has 26 heavy (non-hydrogen) atoms. The van der Waals surface area contributed by atoms with Gasteiger partial charge in [0.25, 0.3) is 0 Å². The summed E-state index contributed by atoms with van der Waals surface area (Å²) in [4.78, 5) is 9.24. The lowest BCUT2D eigenvalue weighted by Crippen LogP contribution is -2.33. The SMILES string of the molecule is CCOc1cccc(CN2CCC[C@H](N(C)Cc3noc(C)n3)CC2)c1. The van der Waals surface area contributed by atoms with Crippen LogP contribution in [0.4, 0.5) is 0 Å². The van der Waals surface area contributed by atoms with E-state index in [4.69, 9.17) is 9.26 Å². The van der Waals surface area contributed by atoms with Crippen LogP contribution in [-0.4, -0.2) is 52.7 Å². The molecule has 1 aromatic carbocycles. The van der Waals surface area contributed by atoms with Crippen LogP contribution in [0.15, 0.2) is 28.8 Å². The number of likely N-dealkylation sites (tertiary alicyclic amines) is 1. The van der Waals surface area contributed by atoms with Crippen molar-refractivity contribution >= 4 is 0 Å². The lowest BCUT2D eigenvalue weighted by molar-refractivity contribution is 0.200. The zero-order valence-corrected chi connectivity index (χ0v) is 16.1. The lowest BCUT2D eigenvalue weighted by atomic mass is 10.1. The largest absolute Gasteiger partial charge is 0.494 e. The first-order valence-electron chi connectivity index (χ1n) is 9.57. The molecule has 3 rings (SSSR count). The molecular weight excluding hydrogens is 328 g/mol. The van der Waals surface area contributed by atoms with Gasteiger partial charge in [0.1, 0.15) is 5.75 Å². The topological polar surface area (TPSA) is 54.6 Å².